The standard InChI is InChI=1S/C28H23N5O6/c1-16(30-21-8-6-19-10-12-29-23(19)15-21)17-2-4-18(5-3-17)22-11-13-39-26(22)28(36)32-31-27(35)20-7-9-25(34)24(14-20)33(37)38/h2-16,29-30,34H,1H3,(H,31,35)(H,32,36). The largest absolute Gasteiger partial charge is 0.502 e. The minimum Gasteiger partial charge on any atom is -0.502 e. The summed E-state index contributed by atoms with van der Waals surface area (Å²) in [7, 11) is 0. The van der Waals surface area contributed by atoms with Gasteiger partial charge < -0.3 is 19.8 Å². The van der Waals surface area contributed by atoms with Crippen molar-refractivity contribution in [3.05, 3.63) is 112 Å². The van der Waals surface area contributed by atoms with Crippen molar-refractivity contribution in [3.8, 4) is 16.9 Å². The molecule has 5 aromatic rings. The van der Waals surface area contributed by atoms with E-state index in [4.69, 9.17) is 4.42 Å². The molecule has 1 atom stereocenters. The number of benzene rings is 3. The molecular formula is C28H23N5O6. The van der Waals surface area contributed by atoms with E-state index in [1.54, 1.807) is 6.07 Å². The summed E-state index contributed by atoms with van der Waals surface area (Å²) in [6, 6.07) is 20.6. The summed E-state index contributed by atoms with van der Waals surface area (Å²) in [5, 5.41) is 25.2. The fourth-order valence-corrected chi connectivity index (χ4v) is 4.19. The van der Waals surface area contributed by atoms with Crippen molar-refractivity contribution in [1.82, 2.24) is 15.8 Å². The number of aromatic nitrogens is 1. The van der Waals surface area contributed by atoms with E-state index in [0.717, 1.165) is 39.8 Å². The molecule has 0 fully saturated rings. The second kappa shape index (κ2) is 10.4. The summed E-state index contributed by atoms with van der Waals surface area (Å²) in [5.74, 6) is -2.11. The molecule has 2 amide bonds. The first kappa shape index (κ1) is 25.1. The summed E-state index contributed by atoms with van der Waals surface area (Å²) >= 11 is 0. The number of hydrogen-bond donors (Lipinski definition) is 5. The zero-order chi connectivity index (χ0) is 27.5. The number of anilines is 1. The highest BCUT2D eigenvalue weighted by atomic mass is 16.6. The molecule has 11 heteroatoms. The molecule has 39 heavy (non-hydrogen) atoms. The molecule has 0 aliphatic rings. The Morgan fingerprint density at radius 3 is 2.51 bits per heavy atom. The summed E-state index contributed by atoms with van der Waals surface area (Å²) in [6.45, 7) is 2.05. The van der Waals surface area contributed by atoms with Crippen LogP contribution in [0.1, 0.15) is 39.4 Å². The van der Waals surface area contributed by atoms with E-state index in [2.05, 4.69) is 34.1 Å². The molecule has 1 unspecified atom stereocenters. The first-order chi connectivity index (χ1) is 18.8. The highest BCUT2D eigenvalue weighted by Crippen LogP contribution is 2.29. The highest BCUT2D eigenvalue weighted by molar-refractivity contribution is 6.01. The molecule has 196 valence electrons. The zero-order valence-electron chi connectivity index (χ0n) is 20.6. The highest BCUT2D eigenvalue weighted by Gasteiger charge is 2.20. The fraction of sp³-hybridized carbons (Fsp3) is 0.0714. The van der Waals surface area contributed by atoms with Gasteiger partial charge in [-0.1, -0.05) is 30.3 Å². The number of rotatable bonds is 7. The molecule has 0 aliphatic carbocycles. The Morgan fingerprint density at radius 2 is 1.74 bits per heavy atom. The number of fused-ring (bicyclic) bond motifs is 1. The quantitative estimate of drug-likeness (QED) is 0.142. The number of hydrogen-bond acceptors (Lipinski definition) is 7. The second-order valence-corrected chi connectivity index (χ2v) is 8.80. The van der Waals surface area contributed by atoms with E-state index in [1.165, 1.54) is 12.3 Å². The Hall–Kier alpha value is -5.58. The molecule has 0 saturated heterocycles. The van der Waals surface area contributed by atoms with E-state index >= 15 is 0 Å². The average molecular weight is 526 g/mol. The molecule has 0 radical (unpaired) electrons. The number of furan rings is 1. The lowest BCUT2D eigenvalue weighted by Crippen LogP contribution is -2.41. The van der Waals surface area contributed by atoms with Crippen LogP contribution in [0.25, 0.3) is 22.0 Å². The molecule has 2 heterocycles. The molecule has 3 aromatic carbocycles. The van der Waals surface area contributed by atoms with Gasteiger partial charge in [-0.2, -0.15) is 0 Å². The van der Waals surface area contributed by atoms with Gasteiger partial charge in [0.15, 0.2) is 5.75 Å². The van der Waals surface area contributed by atoms with Gasteiger partial charge in [-0.05, 0) is 59.8 Å². The van der Waals surface area contributed by atoms with Gasteiger partial charge in [0.05, 0.1) is 11.2 Å². The van der Waals surface area contributed by atoms with Crippen LogP contribution >= 0.6 is 0 Å². The third kappa shape index (κ3) is 5.27. The third-order valence-corrected chi connectivity index (χ3v) is 6.26. The number of carbonyl (C=O) groups is 2. The van der Waals surface area contributed by atoms with Crippen LogP contribution in [-0.4, -0.2) is 26.8 Å². The van der Waals surface area contributed by atoms with Gasteiger partial charge in [0.1, 0.15) is 0 Å². The number of aromatic hydroxyl groups is 1. The van der Waals surface area contributed by atoms with Crippen LogP contribution in [0.3, 0.4) is 0 Å². The zero-order valence-corrected chi connectivity index (χ0v) is 20.6. The van der Waals surface area contributed by atoms with Gasteiger partial charge in [0.2, 0.25) is 5.76 Å². The number of H-pyrrole nitrogens is 1. The lowest BCUT2D eigenvalue weighted by atomic mass is 10.0. The van der Waals surface area contributed by atoms with Crippen LogP contribution in [0.5, 0.6) is 5.75 Å². The lowest BCUT2D eigenvalue weighted by molar-refractivity contribution is -0.385. The maximum atomic E-state index is 12.7. The molecule has 0 bridgehead atoms. The van der Waals surface area contributed by atoms with E-state index in [1.807, 2.05) is 48.7 Å². The van der Waals surface area contributed by atoms with E-state index < -0.39 is 28.2 Å². The van der Waals surface area contributed by atoms with Crippen molar-refractivity contribution in [2.75, 3.05) is 5.32 Å². The van der Waals surface area contributed by atoms with Crippen LogP contribution < -0.4 is 16.2 Å². The number of aromatic amines is 1. The monoisotopic (exact) mass is 525 g/mol. The van der Waals surface area contributed by atoms with Crippen molar-refractivity contribution in [2.45, 2.75) is 13.0 Å². The van der Waals surface area contributed by atoms with Crippen molar-refractivity contribution in [3.63, 3.8) is 0 Å². The van der Waals surface area contributed by atoms with Crippen molar-refractivity contribution in [1.29, 1.82) is 0 Å². The number of nitrogens with one attached hydrogen (secondary N) is 4. The number of phenolic OH excluding ortho intramolecular Hbond substituents is 1. The summed E-state index contributed by atoms with van der Waals surface area (Å²) < 4.78 is 5.37. The molecular weight excluding hydrogens is 502 g/mol. The van der Waals surface area contributed by atoms with Crippen LogP contribution in [0.2, 0.25) is 0 Å². The van der Waals surface area contributed by atoms with Crippen LogP contribution in [0.15, 0.2) is 89.7 Å². The van der Waals surface area contributed by atoms with Gasteiger partial charge >= 0.3 is 11.6 Å². The molecule has 0 aliphatic heterocycles. The normalized spacial score (nSPS) is 11.6. The first-order valence-corrected chi connectivity index (χ1v) is 11.9. The van der Waals surface area contributed by atoms with Crippen molar-refractivity contribution >= 4 is 34.1 Å². The summed E-state index contributed by atoms with van der Waals surface area (Å²) in [6.07, 6.45) is 3.27. The Labute approximate surface area is 221 Å². The SMILES string of the molecule is CC(Nc1ccc2cc[nH]c2c1)c1ccc(-c2ccoc2C(=O)NNC(=O)c2ccc(O)c([N+](=O)[O-])c2)cc1. The van der Waals surface area contributed by atoms with Gasteiger partial charge in [-0.25, -0.2) is 0 Å². The van der Waals surface area contributed by atoms with Gasteiger partial charge in [0.25, 0.3) is 5.91 Å². The molecule has 11 nitrogen and oxygen atoms in total. The minimum atomic E-state index is -0.815. The maximum absolute atomic E-state index is 12.7. The van der Waals surface area contributed by atoms with Crippen LogP contribution in [0.4, 0.5) is 11.4 Å². The predicted octanol–water partition coefficient (Wildman–Crippen LogP) is 5.29. The van der Waals surface area contributed by atoms with Gasteiger partial charge in [-0.3, -0.25) is 30.6 Å². The minimum absolute atomic E-state index is 0.0181. The van der Waals surface area contributed by atoms with E-state index in [0.29, 0.717) is 5.56 Å². The molecule has 5 rings (SSSR count). The first-order valence-electron chi connectivity index (χ1n) is 11.9. The predicted molar refractivity (Wildman–Crippen MR) is 144 cm³/mol. The third-order valence-electron chi connectivity index (χ3n) is 6.26. The number of phenols is 1. The van der Waals surface area contributed by atoms with Crippen molar-refractivity contribution in [2.24, 2.45) is 0 Å². The van der Waals surface area contributed by atoms with Crippen LogP contribution in [-0.2, 0) is 0 Å². The van der Waals surface area contributed by atoms with Crippen LogP contribution in [0, 0.1) is 10.1 Å². The maximum Gasteiger partial charge on any atom is 0.311 e. The van der Waals surface area contributed by atoms with E-state index in [-0.39, 0.29) is 17.4 Å². The Balaban J connectivity index is 1.24. The number of nitro groups is 1. The number of hydrazine groups is 1. The number of nitro benzene ring substituents is 1. The van der Waals surface area contributed by atoms with E-state index in [9.17, 15) is 24.8 Å². The topological polar surface area (TPSA) is 163 Å². The lowest BCUT2D eigenvalue weighted by Gasteiger charge is -2.16. The Bertz CT molecular complexity index is 1690. The van der Waals surface area contributed by atoms with Crippen molar-refractivity contribution < 1.29 is 24.0 Å². The second-order valence-electron chi connectivity index (χ2n) is 8.80. The summed E-state index contributed by atoms with van der Waals surface area (Å²) in [5.41, 5.74) is 8.02. The number of carbonyl (C=O) groups excluding carboxylic acids is 2. The molecule has 5 N–H and O–H groups in total. The summed E-state index contributed by atoms with van der Waals surface area (Å²) in [4.78, 5) is 38.5. The molecule has 0 spiro atoms. The Morgan fingerprint density at radius 1 is 0.974 bits per heavy atom. The Kier molecular flexibility index (Phi) is 6.70. The fourth-order valence-electron chi connectivity index (χ4n) is 4.19. The number of amides is 2. The molecule has 2 aromatic heterocycles. The smallest absolute Gasteiger partial charge is 0.311 e. The number of nitrogens with zero attached hydrogens (tertiary/aromatic N) is 1. The average Bonchev–Trinajstić information content (AvgIpc) is 3.61. The van der Waals surface area contributed by atoms with Gasteiger partial charge in [-0.15, -0.1) is 0 Å². The molecule has 0 saturated carbocycles. The van der Waals surface area contributed by atoms with Gasteiger partial charge in [0, 0.05) is 40.6 Å².